The molecule has 1 atom stereocenters. The first-order valence-corrected chi connectivity index (χ1v) is 8.46. The summed E-state index contributed by atoms with van der Waals surface area (Å²) in [5.74, 6) is 1.80. The molecule has 0 aliphatic carbocycles. The average Bonchev–Trinajstić information content (AvgIpc) is 2.77. The molecule has 19 heavy (non-hydrogen) atoms. The van der Waals surface area contributed by atoms with Gasteiger partial charge >= 0.3 is 0 Å². The smallest absolute Gasteiger partial charge is 0.220 e. The van der Waals surface area contributed by atoms with Crippen LogP contribution in [0.15, 0.2) is 5.38 Å². The van der Waals surface area contributed by atoms with Gasteiger partial charge < -0.3 is 10.4 Å². The summed E-state index contributed by atoms with van der Waals surface area (Å²) in [5, 5.41) is 15.5. The zero-order valence-electron chi connectivity index (χ0n) is 11.7. The van der Waals surface area contributed by atoms with E-state index in [1.807, 2.05) is 20.8 Å². The highest BCUT2D eigenvalue weighted by atomic mass is 32.2. The Bertz CT molecular complexity index is 394. The van der Waals surface area contributed by atoms with Crippen molar-refractivity contribution in [2.75, 3.05) is 12.3 Å². The molecule has 1 amide bonds. The Kier molecular flexibility index (Phi) is 7.41. The molecule has 6 heteroatoms. The maximum absolute atomic E-state index is 11.5. The molecule has 0 aliphatic rings. The van der Waals surface area contributed by atoms with Gasteiger partial charge in [-0.15, -0.1) is 11.3 Å². The second-order valence-corrected chi connectivity index (χ2v) is 6.94. The van der Waals surface area contributed by atoms with Crippen molar-refractivity contribution < 1.29 is 9.90 Å². The Morgan fingerprint density at radius 1 is 1.58 bits per heavy atom. The van der Waals surface area contributed by atoms with Gasteiger partial charge in [0.1, 0.15) is 0 Å². The van der Waals surface area contributed by atoms with Gasteiger partial charge in [-0.2, -0.15) is 11.8 Å². The van der Waals surface area contributed by atoms with E-state index in [-0.39, 0.29) is 11.8 Å². The quantitative estimate of drug-likeness (QED) is 0.723. The van der Waals surface area contributed by atoms with Gasteiger partial charge in [0, 0.05) is 29.9 Å². The molecule has 1 unspecified atom stereocenters. The summed E-state index contributed by atoms with van der Waals surface area (Å²) in [6.07, 6.45) is 0.0214. The highest BCUT2D eigenvalue weighted by Crippen LogP contribution is 2.15. The summed E-state index contributed by atoms with van der Waals surface area (Å²) < 4.78 is 0. The van der Waals surface area contributed by atoms with Crippen molar-refractivity contribution in [3.05, 3.63) is 16.1 Å². The van der Waals surface area contributed by atoms with Gasteiger partial charge in [0.15, 0.2) is 0 Å². The van der Waals surface area contributed by atoms with Gasteiger partial charge in [0.2, 0.25) is 5.91 Å². The minimum absolute atomic E-state index is 0.00154. The van der Waals surface area contributed by atoms with Crippen molar-refractivity contribution in [1.82, 2.24) is 10.3 Å². The Balaban J connectivity index is 2.07. The van der Waals surface area contributed by atoms with E-state index < -0.39 is 6.10 Å². The van der Waals surface area contributed by atoms with Crippen LogP contribution in [0.25, 0.3) is 0 Å². The number of nitrogens with zero attached hydrogens (tertiary/aromatic N) is 1. The normalized spacial score (nSPS) is 12.7. The van der Waals surface area contributed by atoms with Crippen molar-refractivity contribution in [2.45, 2.75) is 39.0 Å². The van der Waals surface area contributed by atoms with Crippen molar-refractivity contribution in [3.8, 4) is 0 Å². The van der Waals surface area contributed by atoms with E-state index in [9.17, 15) is 9.90 Å². The number of thiazole rings is 1. The fourth-order valence-corrected chi connectivity index (χ4v) is 2.91. The first-order chi connectivity index (χ1) is 8.99. The number of aromatic nitrogens is 1. The molecule has 2 N–H and O–H groups in total. The molecule has 1 heterocycles. The summed E-state index contributed by atoms with van der Waals surface area (Å²) in [5.41, 5.74) is 1.09. The van der Waals surface area contributed by atoms with Crippen LogP contribution in [0.4, 0.5) is 0 Å². The Morgan fingerprint density at radius 2 is 2.32 bits per heavy atom. The molecule has 0 saturated carbocycles. The summed E-state index contributed by atoms with van der Waals surface area (Å²) in [6, 6.07) is 0. The van der Waals surface area contributed by atoms with Gasteiger partial charge in [0.25, 0.3) is 0 Å². The third kappa shape index (κ3) is 6.94. The molecular weight excluding hydrogens is 280 g/mol. The lowest BCUT2D eigenvalue weighted by atomic mass is 10.1. The minimum atomic E-state index is -0.463. The van der Waals surface area contributed by atoms with Crippen LogP contribution in [0.2, 0.25) is 0 Å². The molecular formula is C13H22N2O2S2. The molecule has 1 aromatic heterocycles. The second-order valence-electron chi connectivity index (χ2n) is 4.78. The van der Waals surface area contributed by atoms with Crippen molar-refractivity contribution in [1.29, 1.82) is 0 Å². The predicted molar refractivity (Wildman–Crippen MR) is 81.5 cm³/mol. The third-order valence-electron chi connectivity index (χ3n) is 2.67. The van der Waals surface area contributed by atoms with E-state index in [1.54, 1.807) is 23.1 Å². The minimum Gasteiger partial charge on any atom is -0.391 e. The Morgan fingerprint density at radius 3 is 2.89 bits per heavy atom. The maximum Gasteiger partial charge on any atom is 0.220 e. The van der Waals surface area contributed by atoms with Gasteiger partial charge in [-0.3, -0.25) is 4.79 Å². The Hall–Kier alpha value is -0.590. The summed E-state index contributed by atoms with van der Waals surface area (Å²) in [6.45, 7) is 6.20. The van der Waals surface area contributed by atoms with Gasteiger partial charge in [0.05, 0.1) is 16.8 Å². The summed E-state index contributed by atoms with van der Waals surface area (Å²) >= 11 is 3.36. The number of thioether (sulfide) groups is 1. The predicted octanol–water partition coefficient (Wildman–Crippen LogP) is 2.21. The van der Waals surface area contributed by atoms with E-state index in [0.29, 0.717) is 13.0 Å². The average molecular weight is 302 g/mol. The number of aliphatic hydroxyl groups is 1. The van der Waals surface area contributed by atoms with Gasteiger partial charge in [-0.05, 0) is 12.8 Å². The van der Waals surface area contributed by atoms with E-state index >= 15 is 0 Å². The van der Waals surface area contributed by atoms with Crippen LogP contribution in [0.1, 0.15) is 31.0 Å². The molecule has 0 aromatic carbocycles. The van der Waals surface area contributed by atoms with Crippen molar-refractivity contribution >= 4 is 29.0 Å². The molecule has 4 nitrogen and oxygen atoms in total. The molecule has 0 saturated heterocycles. The first-order valence-electron chi connectivity index (χ1n) is 6.42. The number of carbonyl (C=O) groups excluding carboxylic acids is 1. The maximum atomic E-state index is 11.5. The number of hydrogen-bond acceptors (Lipinski definition) is 5. The van der Waals surface area contributed by atoms with Crippen molar-refractivity contribution in [2.24, 2.45) is 5.92 Å². The number of carbonyl (C=O) groups is 1. The van der Waals surface area contributed by atoms with Crippen LogP contribution in [0.5, 0.6) is 0 Å². The second kappa shape index (κ2) is 8.55. The lowest BCUT2D eigenvalue weighted by Gasteiger charge is -2.14. The zero-order chi connectivity index (χ0) is 14.3. The van der Waals surface area contributed by atoms with Crippen LogP contribution >= 0.6 is 23.1 Å². The largest absolute Gasteiger partial charge is 0.391 e. The highest BCUT2D eigenvalue weighted by Gasteiger charge is 2.10. The number of nitrogens with one attached hydrogen (secondary N) is 1. The molecule has 108 valence electrons. The SMILES string of the molecule is Cc1nc(CSCCC(=O)NCC(O)C(C)C)cs1. The molecule has 0 spiro atoms. The van der Waals surface area contributed by atoms with Gasteiger partial charge in [-0.1, -0.05) is 13.8 Å². The molecule has 0 bridgehead atoms. The first kappa shape index (κ1) is 16.5. The van der Waals surface area contributed by atoms with E-state index in [2.05, 4.69) is 15.7 Å². The lowest BCUT2D eigenvalue weighted by molar-refractivity contribution is -0.121. The monoisotopic (exact) mass is 302 g/mol. The van der Waals surface area contributed by atoms with Crippen LogP contribution in [0.3, 0.4) is 0 Å². The van der Waals surface area contributed by atoms with E-state index in [1.165, 1.54) is 0 Å². The number of aliphatic hydroxyl groups excluding tert-OH is 1. The summed E-state index contributed by atoms with van der Waals surface area (Å²) in [4.78, 5) is 15.9. The Labute approximate surface area is 123 Å². The zero-order valence-corrected chi connectivity index (χ0v) is 13.3. The fourth-order valence-electron chi connectivity index (χ4n) is 1.36. The van der Waals surface area contributed by atoms with Crippen molar-refractivity contribution in [3.63, 3.8) is 0 Å². The topological polar surface area (TPSA) is 62.2 Å². The number of amides is 1. The number of aryl methyl sites for hydroxylation is 1. The lowest BCUT2D eigenvalue weighted by Crippen LogP contribution is -2.34. The summed E-state index contributed by atoms with van der Waals surface area (Å²) in [7, 11) is 0. The number of hydrogen-bond donors (Lipinski definition) is 2. The van der Waals surface area contributed by atoms with Crippen LogP contribution in [-0.2, 0) is 10.5 Å². The van der Waals surface area contributed by atoms with Crippen LogP contribution in [0, 0.1) is 12.8 Å². The highest BCUT2D eigenvalue weighted by molar-refractivity contribution is 7.98. The fraction of sp³-hybridized carbons (Fsp3) is 0.692. The molecule has 0 aliphatic heterocycles. The van der Waals surface area contributed by atoms with Gasteiger partial charge in [-0.25, -0.2) is 4.98 Å². The van der Waals surface area contributed by atoms with E-state index in [4.69, 9.17) is 0 Å². The molecule has 1 aromatic rings. The standard InChI is InChI=1S/C13H22N2O2S2/c1-9(2)12(16)6-14-13(17)4-5-18-7-11-8-19-10(3)15-11/h8-9,12,16H,4-7H2,1-3H3,(H,14,17). The molecule has 0 radical (unpaired) electrons. The van der Waals surface area contributed by atoms with Crippen LogP contribution in [-0.4, -0.2) is 34.4 Å². The third-order valence-corrected chi connectivity index (χ3v) is 4.48. The molecule has 1 rings (SSSR count). The molecule has 0 fully saturated rings. The number of rotatable bonds is 8. The van der Waals surface area contributed by atoms with E-state index in [0.717, 1.165) is 22.2 Å². The van der Waals surface area contributed by atoms with Crippen LogP contribution < -0.4 is 5.32 Å².